The highest BCUT2D eigenvalue weighted by Crippen LogP contribution is 2.26. The fraction of sp³-hybridized carbons (Fsp3) is 0.385. The van der Waals surface area contributed by atoms with Crippen molar-refractivity contribution in [3.8, 4) is 0 Å². The summed E-state index contributed by atoms with van der Waals surface area (Å²) in [5.41, 5.74) is -0.0763. The molecule has 0 bridgehead atoms. The van der Waals surface area contributed by atoms with E-state index in [1.165, 1.54) is 19.1 Å². The van der Waals surface area contributed by atoms with Gasteiger partial charge in [-0.15, -0.1) is 0 Å². The largest absolute Gasteiger partial charge is 0.326 e. The Morgan fingerprint density at radius 3 is 2.29 bits per heavy atom. The maximum Gasteiger partial charge on any atom is 0.221 e. The lowest BCUT2D eigenvalue weighted by Gasteiger charge is -2.19. The molecular formula is C13H16FNO2. The molecule has 0 atom stereocenters. The molecule has 1 rings (SSSR count). The average Bonchev–Trinajstić information content (AvgIpc) is 2.17. The molecule has 1 N–H and O–H groups in total. The second-order valence-corrected chi connectivity index (χ2v) is 4.95. The summed E-state index contributed by atoms with van der Waals surface area (Å²) in [6.07, 6.45) is 0. The van der Waals surface area contributed by atoms with E-state index in [9.17, 15) is 14.0 Å². The SMILES string of the molecule is CC(=O)Nc1ccc(F)cc1C(=O)C(C)(C)C. The van der Waals surface area contributed by atoms with Gasteiger partial charge in [-0.25, -0.2) is 4.39 Å². The molecule has 4 heteroatoms. The summed E-state index contributed by atoms with van der Waals surface area (Å²) in [4.78, 5) is 23.1. The Morgan fingerprint density at radius 2 is 1.82 bits per heavy atom. The van der Waals surface area contributed by atoms with Crippen LogP contribution in [0.25, 0.3) is 0 Å². The third-order valence-corrected chi connectivity index (χ3v) is 2.22. The van der Waals surface area contributed by atoms with E-state index in [0.717, 1.165) is 6.07 Å². The maximum absolute atomic E-state index is 13.2. The molecule has 3 nitrogen and oxygen atoms in total. The van der Waals surface area contributed by atoms with Crippen molar-refractivity contribution in [3.63, 3.8) is 0 Å². The topological polar surface area (TPSA) is 46.2 Å². The number of rotatable bonds is 2. The quantitative estimate of drug-likeness (QED) is 0.804. The third-order valence-electron chi connectivity index (χ3n) is 2.22. The number of hydrogen-bond donors (Lipinski definition) is 1. The smallest absolute Gasteiger partial charge is 0.221 e. The number of carbonyl (C=O) groups excluding carboxylic acids is 2. The number of benzene rings is 1. The zero-order valence-electron chi connectivity index (χ0n) is 10.4. The molecule has 1 aromatic carbocycles. The van der Waals surface area contributed by atoms with Gasteiger partial charge in [-0.2, -0.15) is 0 Å². The van der Waals surface area contributed by atoms with Crippen LogP contribution in [0.15, 0.2) is 18.2 Å². The van der Waals surface area contributed by atoms with Crippen molar-refractivity contribution < 1.29 is 14.0 Å². The number of hydrogen-bond acceptors (Lipinski definition) is 2. The first-order chi connectivity index (χ1) is 7.71. The first kappa shape index (κ1) is 13.4. The van der Waals surface area contributed by atoms with Crippen molar-refractivity contribution in [2.45, 2.75) is 27.7 Å². The lowest BCUT2D eigenvalue weighted by atomic mass is 9.86. The van der Waals surface area contributed by atoms with Gasteiger partial charge in [0, 0.05) is 17.9 Å². The van der Waals surface area contributed by atoms with Crippen LogP contribution in [0.5, 0.6) is 0 Å². The van der Waals surface area contributed by atoms with Crippen LogP contribution in [-0.4, -0.2) is 11.7 Å². The molecule has 92 valence electrons. The van der Waals surface area contributed by atoms with Crippen molar-refractivity contribution in [2.75, 3.05) is 5.32 Å². The van der Waals surface area contributed by atoms with Crippen molar-refractivity contribution >= 4 is 17.4 Å². The van der Waals surface area contributed by atoms with Crippen LogP contribution in [0.4, 0.5) is 10.1 Å². The van der Waals surface area contributed by atoms with Crippen molar-refractivity contribution in [1.29, 1.82) is 0 Å². The van der Waals surface area contributed by atoms with Gasteiger partial charge in [-0.05, 0) is 18.2 Å². The molecule has 0 aliphatic rings. The molecule has 0 fully saturated rings. The number of nitrogens with one attached hydrogen (secondary N) is 1. The van der Waals surface area contributed by atoms with Gasteiger partial charge in [0.15, 0.2) is 5.78 Å². The van der Waals surface area contributed by atoms with Gasteiger partial charge in [-0.1, -0.05) is 20.8 Å². The molecule has 1 aromatic rings. The Labute approximate surface area is 100 Å². The van der Waals surface area contributed by atoms with Crippen LogP contribution < -0.4 is 5.32 Å². The van der Waals surface area contributed by atoms with E-state index < -0.39 is 11.2 Å². The lowest BCUT2D eigenvalue weighted by Crippen LogP contribution is -2.22. The zero-order valence-corrected chi connectivity index (χ0v) is 10.4. The summed E-state index contributed by atoms with van der Waals surface area (Å²) in [5.74, 6) is -0.994. The summed E-state index contributed by atoms with van der Waals surface area (Å²) in [6.45, 7) is 6.59. The Morgan fingerprint density at radius 1 is 1.24 bits per heavy atom. The van der Waals surface area contributed by atoms with Crippen LogP contribution in [0.1, 0.15) is 38.1 Å². The standard InChI is InChI=1S/C13H16FNO2/c1-8(16)15-11-6-5-9(14)7-10(11)12(17)13(2,3)4/h5-7H,1-4H3,(H,15,16). The van der Waals surface area contributed by atoms with Gasteiger partial charge in [0.25, 0.3) is 0 Å². The van der Waals surface area contributed by atoms with Crippen LogP contribution in [0.3, 0.4) is 0 Å². The first-order valence-corrected chi connectivity index (χ1v) is 5.34. The minimum atomic E-state index is -0.624. The summed E-state index contributed by atoms with van der Waals surface area (Å²) >= 11 is 0. The molecule has 0 heterocycles. The Hall–Kier alpha value is -1.71. The number of carbonyl (C=O) groups is 2. The molecule has 0 saturated carbocycles. The predicted octanol–water partition coefficient (Wildman–Crippen LogP) is 3.01. The molecular weight excluding hydrogens is 221 g/mol. The molecule has 0 aromatic heterocycles. The fourth-order valence-corrected chi connectivity index (χ4v) is 1.41. The summed E-state index contributed by atoms with van der Waals surface area (Å²) in [5, 5.41) is 2.53. The fourth-order valence-electron chi connectivity index (χ4n) is 1.41. The van der Waals surface area contributed by atoms with Crippen LogP contribution in [0, 0.1) is 11.2 Å². The number of halogens is 1. The molecule has 0 saturated heterocycles. The minimum absolute atomic E-state index is 0.202. The molecule has 1 amide bonds. The monoisotopic (exact) mass is 237 g/mol. The summed E-state index contributed by atoms with van der Waals surface area (Å²) in [7, 11) is 0. The van der Waals surface area contributed by atoms with E-state index in [1.54, 1.807) is 20.8 Å². The molecule has 0 aliphatic carbocycles. The van der Waals surface area contributed by atoms with Gasteiger partial charge in [0.05, 0.1) is 5.69 Å². The van der Waals surface area contributed by atoms with E-state index in [2.05, 4.69) is 5.32 Å². The zero-order chi connectivity index (χ0) is 13.2. The van der Waals surface area contributed by atoms with E-state index in [1.807, 2.05) is 0 Å². The predicted molar refractivity (Wildman–Crippen MR) is 64.5 cm³/mol. The molecule has 0 radical (unpaired) electrons. The highest BCUT2D eigenvalue weighted by molar-refractivity contribution is 6.06. The highest BCUT2D eigenvalue weighted by atomic mass is 19.1. The van der Waals surface area contributed by atoms with E-state index in [4.69, 9.17) is 0 Å². The van der Waals surface area contributed by atoms with Gasteiger partial charge in [0.2, 0.25) is 5.91 Å². The summed E-state index contributed by atoms with van der Waals surface area (Å²) < 4.78 is 13.2. The second-order valence-electron chi connectivity index (χ2n) is 4.95. The van der Waals surface area contributed by atoms with Crippen LogP contribution in [0.2, 0.25) is 0 Å². The minimum Gasteiger partial charge on any atom is -0.326 e. The summed E-state index contributed by atoms with van der Waals surface area (Å²) in [6, 6.07) is 3.76. The number of Topliss-reactive ketones (excluding diaryl/α,β-unsaturated/α-hetero) is 1. The average molecular weight is 237 g/mol. The Balaban J connectivity index is 3.25. The number of ketones is 1. The van der Waals surface area contributed by atoms with E-state index >= 15 is 0 Å². The number of amides is 1. The Bertz CT molecular complexity index is 461. The molecule has 17 heavy (non-hydrogen) atoms. The highest BCUT2D eigenvalue weighted by Gasteiger charge is 2.25. The van der Waals surface area contributed by atoms with Gasteiger partial charge in [0.1, 0.15) is 5.82 Å². The van der Waals surface area contributed by atoms with Crippen molar-refractivity contribution in [2.24, 2.45) is 5.41 Å². The van der Waals surface area contributed by atoms with E-state index in [0.29, 0.717) is 5.69 Å². The maximum atomic E-state index is 13.2. The van der Waals surface area contributed by atoms with Crippen molar-refractivity contribution in [1.82, 2.24) is 0 Å². The van der Waals surface area contributed by atoms with E-state index in [-0.39, 0.29) is 17.3 Å². The van der Waals surface area contributed by atoms with Gasteiger partial charge >= 0.3 is 0 Å². The molecule has 0 aliphatic heterocycles. The molecule has 0 unspecified atom stereocenters. The number of anilines is 1. The Kier molecular flexibility index (Phi) is 3.66. The van der Waals surface area contributed by atoms with Crippen LogP contribution >= 0.6 is 0 Å². The first-order valence-electron chi connectivity index (χ1n) is 5.34. The molecule has 0 spiro atoms. The van der Waals surface area contributed by atoms with Gasteiger partial charge < -0.3 is 5.32 Å². The second kappa shape index (κ2) is 4.65. The van der Waals surface area contributed by atoms with Crippen LogP contribution in [-0.2, 0) is 4.79 Å². The normalized spacial score (nSPS) is 11.1. The third kappa shape index (κ3) is 3.37. The van der Waals surface area contributed by atoms with Gasteiger partial charge in [-0.3, -0.25) is 9.59 Å². The lowest BCUT2D eigenvalue weighted by molar-refractivity contribution is -0.114. The van der Waals surface area contributed by atoms with Crippen molar-refractivity contribution in [3.05, 3.63) is 29.6 Å².